The van der Waals surface area contributed by atoms with Gasteiger partial charge in [0.15, 0.2) is 0 Å². The summed E-state index contributed by atoms with van der Waals surface area (Å²) in [4.78, 5) is 13.1. The van der Waals surface area contributed by atoms with Gasteiger partial charge in [0, 0.05) is 27.7 Å². The summed E-state index contributed by atoms with van der Waals surface area (Å²) < 4.78 is 30.5. The number of aryl methyl sites for hydroxylation is 3. The van der Waals surface area contributed by atoms with E-state index in [4.69, 9.17) is 11.6 Å². The van der Waals surface area contributed by atoms with Crippen molar-refractivity contribution in [1.29, 1.82) is 0 Å². The number of halogens is 1. The molecule has 9 heteroatoms. The van der Waals surface area contributed by atoms with E-state index in [1.54, 1.807) is 43.5 Å². The predicted molar refractivity (Wildman–Crippen MR) is 158 cm³/mol. The maximum Gasteiger partial charge on any atom is 0.264 e. The van der Waals surface area contributed by atoms with Gasteiger partial charge in [0.05, 0.1) is 16.8 Å². The molecule has 0 unspecified atom stereocenters. The normalized spacial score (nSPS) is 11.6. The Labute approximate surface area is 234 Å². The molecule has 1 amide bonds. The first-order valence-corrected chi connectivity index (χ1v) is 14.2. The summed E-state index contributed by atoms with van der Waals surface area (Å²) in [6, 6.07) is 21.6. The molecule has 1 heterocycles. The van der Waals surface area contributed by atoms with Crippen molar-refractivity contribution in [2.75, 3.05) is 10.8 Å². The molecule has 202 valence electrons. The Kier molecular flexibility index (Phi) is 8.28. The van der Waals surface area contributed by atoms with Crippen LogP contribution in [0.25, 0.3) is 5.69 Å². The topological polar surface area (TPSA) is 83.8 Å². The number of benzene rings is 3. The second-order valence-electron chi connectivity index (χ2n) is 9.50. The molecule has 0 bridgehead atoms. The first kappa shape index (κ1) is 28.1. The van der Waals surface area contributed by atoms with Crippen molar-refractivity contribution in [2.24, 2.45) is 5.10 Å². The monoisotopic (exact) mass is 562 g/mol. The van der Waals surface area contributed by atoms with Gasteiger partial charge in [-0.1, -0.05) is 47.5 Å². The summed E-state index contributed by atoms with van der Waals surface area (Å²) in [7, 11) is -4.07. The van der Waals surface area contributed by atoms with E-state index in [-0.39, 0.29) is 4.90 Å². The van der Waals surface area contributed by atoms with E-state index in [1.807, 2.05) is 52.0 Å². The standard InChI is InChI=1S/C30H31ClN4O3S/c1-20-12-14-27(15-13-20)39(37,38)34(29-11-7-10-28(31)23(29)4)19-30(36)33-32-18-25-17-22(3)35(24(25)5)26-9-6-8-21(2)16-26/h6-18H,19H2,1-5H3,(H,33,36)/b32-18-. The Hall–Kier alpha value is -3.88. The average molecular weight is 563 g/mol. The van der Waals surface area contributed by atoms with Gasteiger partial charge in [0.2, 0.25) is 0 Å². The third-order valence-electron chi connectivity index (χ3n) is 6.53. The molecule has 0 aliphatic heterocycles. The van der Waals surface area contributed by atoms with E-state index in [2.05, 4.69) is 21.2 Å². The van der Waals surface area contributed by atoms with E-state index >= 15 is 0 Å². The number of anilines is 1. The highest BCUT2D eigenvalue weighted by Gasteiger charge is 2.28. The summed E-state index contributed by atoms with van der Waals surface area (Å²) in [5, 5.41) is 4.54. The summed E-state index contributed by atoms with van der Waals surface area (Å²) in [5.74, 6) is -0.589. The zero-order valence-corrected chi connectivity index (χ0v) is 24.1. The molecule has 4 aromatic rings. The molecule has 4 rings (SSSR count). The third-order valence-corrected chi connectivity index (χ3v) is 8.71. The van der Waals surface area contributed by atoms with Gasteiger partial charge in [0.25, 0.3) is 15.9 Å². The number of amides is 1. The van der Waals surface area contributed by atoms with Crippen LogP contribution in [0.15, 0.2) is 82.8 Å². The molecule has 1 N–H and O–H groups in total. The predicted octanol–water partition coefficient (Wildman–Crippen LogP) is 6.02. The number of carbonyl (C=O) groups is 1. The van der Waals surface area contributed by atoms with Crippen LogP contribution in [0, 0.1) is 34.6 Å². The first-order valence-electron chi connectivity index (χ1n) is 12.4. The van der Waals surface area contributed by atoms with Crippen molar-refractivity contribution < 1.29 is 13.2 Å². The summed E-state index contributed by atoms with van der Waals surface area (Å²) in [5.41, 5.74) is 9.31. The number of aromatic nitrogens is 1. The number of carbonyl (C=O) groups excluding carboxylic acids is 1. The van der Waals surface area contributed by atoms with Crippen molar-refractivity contribution in [3.05, 3.63) is 111 Å². The Morgan fingerprint density at radius 1 is 0.949 bits per heavy atom. The van der Waals surface area contributed by atoms with Crippen molar-refractivity contribution in [3.63, 3.8) is 0 Å². The van der Waals surface area contributed by atoms with E-state index in [1.165, 1.54) is 12.1 Å². The third kappa shape index (κ3) is 6.08. The molecule has 0 saturated heterocycles. The quantitative estimate of drug-likeness (QED) is 0.210. The molecule has 0 fully saturated rings. The van der Waals surface area contributed by atoms with Crippen molar-refractivity contribution in [2.45, 2.75) is 39.5 Å². The van der Waals surface area contributed by atoms with Gasteiger partial charge in [-0.2, -0.15) is 5.10 Å². The number of rotatable bonds is 8. The highest BCUT2D eigenvalue weighted by atomic mass is 35.5. The fourth-order valence-corrected chi connectivity index (χ4v) is 6.07. The van der Waals surface area contributed by atoms with Gasteiger partial charge >= 0.3 is 0 Å². The summed E-state index contributed by atoms with van der Waals surface area (Å²) in [6.07, 6.45) is 1.57. The molecule has 0 atom stereocenters. The number of nitrogens with zero attached hydrogens (tertiary/aromatic N) is 3. The van der Waals surface area contributed by atoms with Crippen molar-refractivity contribution in [1.82, 2.24) is 9.99 Å². The zero-order chi connectivity index (χ0) is 28.3. The molecular formula is C30H31ClN4O3S. The van der Waals surface area contributed by atoms with E-state index < -0.39 is 22.5 Å². The van der Waals surface area contributed by atoms with Gasteiger partial charge in [0.1, 0.15) is 6.54 Å². The molecule has 0 spiro atoms. The first-order chi connectivity index (χ1) is 18.5. The molecule has 3 aromatic carbocycles. The van der Waals surface area contributed by atoms with Gasteiger partial charge < -0.3 is 4.57 Å². The molecule has 39 heavy (non-hydrogen) atoms. The number of sulfonamides is 1. The van der Waals surface area contributed by atoms with E-state index in [0.29, 0.717) is 16.3 Å². The molecule has 1 aromatic heterocycles. The maximum atomic E-state index is 13.6. The fourth-order valence-electron chi connectivity index (χ4n) is 4.43. The van der Waals surface area contributed by atoms with Crippen LogP contribution >= 0.6 is 11.6 Å². The molecule has 0 radical (unpaired) electrons. The van der Waals surface area contributed by atoms with Crippen LogP contribution in [0.2, 0.25) is 5.02 Å². The number of hydrogen-bond acceptors (Lipinski definition) is 4. The SMILES string of the molecule is Cc1ccc(S(=O)(=O)N(CC(=O)N/N=C\c2cc(C)n(-c3cccc(C)c3)c2C)c2cccc(Cl)c2C)cc1. The van der Waals surface area contributed by atoms with Crippen LogP contribution in [-0.4, -0.2) is 31.7 Å². The molecular weight excluding hydrogens is 532 g/mol. The smallest absolute Gasteiger partial charge is 0.264 e. The molecule has 0 aliphatic carbocycles. The Bertz CT molecular complexity index is 1660. The minimum Gasteiger partial charge on any atom is -0.318 e. The number of nitrogens with one attached hydrogen (secondary N) is 1. The highest BCUT2D eigenvalue weighted by molar-refractivity contribution is 7.92. The number of hydrogen-bond donors (Lipinski definition) is 1. The van der Waals surface area contributed by atoms with Gasteiger partial charge in [-0.05, 0) is 88.2 Å². The number of hydrazone groups is 1. The average Bonchev–Trinajstić information content (AvgIpc) is 3.17. The van der Waals surface area contributed by atoms with Crippen LogP contribution in [0.5, 0.6) is 0 Å². The highest BCUT2D eigenvalue weighted by Crippen LogP contribution is 2.31. The van der Waals surface area contributed by atoms with Crippen LogP contribution in [-0.2, 0) is 14.8 Å². The Balaban J connectivity index is 1.59. The summed E-state index contributed by atoms with van der Waals surface area (Å²) in [6.45, 7) is 9.15. The lowest BCUT2D eigenvalue weighted by Gasteiger charge is -2.25. The summed E-state index contributed by atoms with van der Waals surface area (Å²) >= 11 is 6.30. The van der Waals surface area contributed by atoms with E-state index in [9.17, 15) is 13.2 Å². The molecule has 0 saturated carbocycles. The molecule has 0 aliphatic rings. The van der Waals surface area contributed by atoms with Gasteiger partial charge in [-0.25, -0.2) is 13.8 Å². The fraction of sp³-hybridized carbons (Fsp3) is 0.200. The van der Waals surface area contributed by atoms with Crippen LogP contribution < -0.4 is 9.73 Å². The lowest BCUT2D eigenvalue weighted by atomic mass is 10.2. The van der Waals surface area contributed by atoms with Gasteiger partial charge in [-0.3, -0.25) is 9.10 Å². The van der Waals surface area contributed by atoms with Crippen molar-refractivity contribution >= 4 is 39.4 Å². The zero-order valence-electron chi connectivity index (χ0n) is 22.6. The minimum atomic E-state index is -4.07. The lowest BCUT2D eigenvalue weighted by Crippen LogP contribution is -2.40. The minimum absolute atomic E-state index is 0.0763. The van der Waals surface area contributed by atoms with Crippen LogP contribution in [0.3, 0.4) is 0 Å². The van der Waals surface area contributed by atoms with Crippen LogP contribution in [0.4, 0.5) is 5.69 Å². The lowest BCUT2D eigenvalue weighted by molar-refractivity contribution is -0.119. The van der Waals surface area contributed by atoms with Crippen LogP contribution in [0.1, 0.15) is 33.6 Å². The Morgan fingerprint density at radius 2 is 1.64 bits per heavy atom. The largest absolute Gasteiger partial charge is 0.318 e. The molecule has 7 nitrogen and oxygen atoms in total. The van der Waals surface area contributed by atoms with E-state index in [0.717, 1.165) is 38.1 Å². The Morgan fingerprint density at radius 3 is 2.33 bits per heavy atom. The second-order valence-corrected chi connectivity index (χ2v) is 11.8. The maximum absolute atomic E-state index is 13.6. The van der Waals surface area contributed by atoms with Gasteiger partial charge in [-0.15, -0.1) is 0 Å². The van der Waals surface area contributed by atoms with Crippen molar-refractivity contribution in [3.8, 4) is 5.69 Å². The second kappa shape index (κ2) is 11.5.